The third kappa shape index (κ3) is 4.35. The smallest absolute Gasteiger partial charge is 0.255 e. The van der Waals surface area contributed by atoms with Crippen molar-refractivity contribution >= 4 is 28.4 Å². The Morgan fingerprint density at radius 2 is 2.12 bits per heavy atom. The van der Waals surface area contributed by atoms with Crippen molar-refractivity contribution in [2.24, 2.45) is 0 Å². The third-order valence-corrected chi connectivity index (χ3v) is 6.84. The van der Waals surface area contributed by atoms with Crippen LogP contribution in [0.15, 0.2) is 36.9 Å². The number of ether oxygens (including phenoxy) is 1. The lowest BCUT2D eigenvalue weighted by Gasteiger charge is -2.28. The van der Waals surface area contributed by atoms with E-state index in [9.17, 15) is 4.79 Å². The molecule has 3 N–H and O–H groups in total. The zero-order valence-electron chi connectivity index (χ0n) is 19.8. The van der Waals surface area contributed by atoms with Gasteiger partial charge in [-0.2, -0.15) is 10.1 Å². The fourth-order valence-electron chi connectivity index (χ4n) is 4.57. The minimum Gasteiger partial charge on any atom is -0.381 e. The summed E-state index contributed by atoms with van der Waals surface area (Å²) in [5, 5.41) is 11.8. The number of carbonyl (C=O) groups excluding carboxylic acids is 1. The molecule has 0 spiro atoms. The Hall–Kier alpha value is -3.46. The molecular formula is C25H31N7O2. The van der Waals surface area contributed by atoms with E-state index >= 15 is 0 Å². The Labute approximate surface area is 198 Å². The van der Waals surface area contributed by atoms with Gasteiger partial charge in [0.1, 0.15) is 5.65 Å². The normalized spacial score (nSPS) is 19.4. The van der Waals surface area contributed by atoms with Crippen LogP contribution in [0.25, 0.3) is 27.7 Å². The summed E-state index contributed by atoms with van der Waals surface area (Å²) in [7, 11) is 1.75. The van der Waals surface area contributed by atoms with Crippen LogP contribution in [0.1, 0.15) is 56.3 Å². The number of hydrogen-bond donors (Lipinski definition) is 3. The highest BCUT2D eigenvalue weighted by molar-refractivity contribution is 6.02. The van der Waals surface area contributed by atoms with Crippen LogP contribution in [0, 0.1) is 0 Å². The summed E-state index contributed by atoms with van der Waals surface area (Å²) in [6, 6.07) is 4.45. The minimum atomic E-state index is -0.0870. The van der Waals surface area contributed by atoms with E-state index in [0.717, 1.165) is 59.8 Å². The van der Waals surface area contributed by atoms with Crippen LogP contribution in [-0.4, -0.2) is 55.8 Å². The van der Waals surface area contributed by atoms with Gasteiger partial charge >= 0.3 is 0 Å². The molecule has 4 aromatic heterocycles. The summed E-state index contributed by atoms with van der Waals surface area (Å²) in [6.45, 7) is 4.22. The molecule has 1 atom stereocenters. The van der Waals surface area contributed by atoms with Gasteiger partial charge in [0.2, 0.25) is 5.95 Å². The van der Waals surface area contributed by atoms with Gasteiger partial charge < -0.3 is 20.4 Å². The molecule has 1 saturated carbocycles. The van der Waals surface area contributed by atoms with Crippen LogP contribution in [0.3, 0.4) is 0 Å². The molecule has 0 bridgehead atoms. The van der Waals surface area contributed by atoms with E-state index in [-0.39, 0.29) is 11.9 Å². The molecule has 1 aliphatic carbocycles. The van der Waals surface area contributed by atoms with Crippen molar-refractivity contribution in [1.29, 1.82) is 0 Å². The number of aromatic nitrogens is 5. The van der Waals surface area contributed by atoms with Crippen molar-refractivity contribution in [1.82, 2.24) is 29.9 Å². The van der Waals surface area contributed by atoms with Gasteiger partial charge in [-0.05, 0) is 56.7 Å². The molecule has 9 nitrogen and oxygen atoms in total. The molecule has 4 aromatic rings. The van der Waals surface area contributed by atoms with Gasteiger partial charge in [-0.15, -0.1) is 0 Å². The molecule has 1 fully saturated rings. The number of H-pyrrole nitrogens is 1. The highest BCUT2D eigenvalue weighted by atomic mass is 16.5. The van der Waals surface area contributed by atoms with Crippen molar-refractivity contribution in [3.63, 3.8) is 0 Å². The summed E-state index contributed by atoms with van der Waals surface area (Å²) in [5.74, 6) is 0.524. The Bertz CT molecular complexity index is 1300. The van der Waals surface area contributed by atoms with E-state index in [4.69, 9.17) is 4.74 Å². The first-order valence-corrected chi connectivity index (χ1v) is 12.0. The number of fused-ring (bicyclic) bond motifs is 2. The van der Waals surface area contributed by atoms with Gasteiger partial charge in [-0.25, -0.2) is 9.50 Å². The number of nitrogens with one attached hydrogen (secondary N) is 3. The van der Waals surface area contributed by atoms with Crippen LogP contribution < -0.4 is 10.6 Å². The molecule has 5 rings (SSSR count). The predicted octanol–water partition coefficient (Wildman–Crippen LogP) is 4.17. The van der Waals surface area contributed by atoms with E-state index in [1.165, 1.54) is 0 Å². The van der Waals surface area contributed by atoms with Crippen LogP contribution in [-0.2, 0) is 4.74 Å². The Morgan fingerprint density at radius 3 is 2.88 bits per heavy atom. The second-order valence-electron chi connectivity index (χ2n) is 9.10. The highest BCUT2D eigenvalue weighted by Crippen LogP contribution is 2.29. The summed E-state index contributed by atoms with van der Waals surface area (Å²) < 4.78 is 7.18. The molecule has 1 amide bonds. The standard InChI is InChI=1S/C25H31N7O2/c1-4-15(2)29-25-27-13-20-19(12-26-23(20)31-25)16-9-10-32-22(11-16)21(14-28-32)24(33)30-17-5-7-18(34-3)8-6-17/h9-15,17-18H,4-8H2,1-3H3,(H,30,33)(H2,26,27,29,31)/t15-,17?,18?/m0/s1. The molecule has 0 radical (unpaired) electrons. The van der Waals surface area contributed by atoms with Gasteiger partial charge in [0.25, 0.3) is 5.91 Å². The molecule has 0 unspecified atom stereocenters. The van der Waals surface area contributed by atoms with E-state index in [2.05, 4.69) is 44.5 Å². The minimum absolute atomic E-state index is 0.0870. The zero-order valence-corrected chi connectivity index (χ0v) is 19.8. The number of aromatic amines is 1. The van der Waals surface area contributed by atoms with Crippen LogP contribution in [0.4, 0.5) is 5.95 Å². The lowest BCUT2D eigenvalue weighted by atomic mass is 9.93. The average molecular weight is 462 g/mol. The van der Waals surface area contributed by atoms with Gasteiger partial charge in [0.05, 0.1) is 23.4 Å². The van der Waals surface area contributed by atoms with Crippen molar-refractivity contribution in [3.05, 3.63) is 42.5 Å². The molecule has 0 aromatic carbocycles. The van der Waals surface area contributed by atoms with Crippen LogP contribution in [0.5, 0.6) is 0 Å². The van der Waals surface area contributed by atoms with Crippen molar-refractivity contribution in [2.75, 3.05) is 12.4 Å². The number of pyridine rings is 1. The number of anilines is 1. The second kappa shape index (κ2) is 9.42. The molecule has 9 heteroatoms. The first-order chi connectivity index (χ1) is 16.6. The van der Waals surface area contributed by atoms with E-state index < -0.39 is 0 Å². The Morgan fingerprint density at radius 1 is 1.29 bits per heavy atom. The topological polar surface area (TPSA) is 109 Å². The number of carbonyl (C=O) groups is 1. The molecule has 1 aliphatic rings. The lowest BCUT2D eigenvalue weighted by Crippen LogP contribution is -2.38. The average Bonchev–Trinajstić information content (AvgIpc) is 3.48. The van der Waals surface area contributed by atoms with Gasteiger partial charge in [0.15, 0.2) is 0 Å². The summed E-state index contributed by atoms with van der Waals surface area (Å²) in [5.41, 5.74) is 4.07. The maximum absolute atomic E-state index is 13.1. The fraction of sp³-hybridized carbons (Fsp3) is 0.440. The fourth-order valence-corrected chi connectivity index (χ4v) is 4.57. The lowest BCUT2D eigenvalue weighted by molar-refractivity contribution is 0.0599. The Balaban J connectivity index is 1.39. The van der Waals surface area contributed by atoms with Gasteiger partial charge in [-0.1, -0.05) is 6.92 Å². The molecule has 4 heterocycles. The maximum atomic E-state index is 13.1. The largest absolute Gasteiger partial charge is 0.381 e. The summed E-state index contributed by atoms with van der Waals surface area (Å²) >= 11 is 0. The predicted molar refractivity (Wildman–Crippen MR) is 132 cm³/mol. The first-order valence-electron chi connectivity index (χ1n) is 12.0. The monoisotopic (exact) mass is 461 g/mol. The summed E-state index contributed by atoms with van der Waals surface area (Å²) in [6.07, 6.45) is 12.4. The number of rotatable bonds is 7. The summed E-state index contributed by atoms with van der Waals surface area (Å²) in [4.78, 5) is 25.4. The zero-order chi connectivity index (χ0) is 23.7. The maximum Gasteiger partial charge on any atom is 0.255 e. The Kier molecular flexibility index (Phi) is 6.19. The molecule has 0 aliphatic heterocycles. The van der Waals surface area contributed by atoms with Gasteiger partial charge in [-0.3, -0.25) is 4.79 Å². The number of hydrogen-bond acceptors (Lipinski definition) is 6. The van der Waals surface area contributed by atoms with E-state index in [0.29, 0.717) is 23.7 Å². The number of methoxy groups -OCH3 is 1. The van der Waals surface area contributed by atoms with Crippen molar-refractivity contribution < 1.29 is 9.53 Å². The van der Waals surface area contributed by atoms with E-state index in [1.54, 1.807) is 17.8 Å². The number of amides is 1. The molecule has 34 heavy (non-hydrogen) atoms. The quantitative estimate of drug-likeness (QED) is 0.381. The number of nitrogens with zero attached hydrogens (tertiary/aromatic N) is 4. The highest BCUT2D eigenvalue weighted by Gasteiger charge is 2.24. The third-order valence-electron chi connectivity index (χ3n) is 6.84. The molecule has 178 valence electrons. The van der Waals surface area contributed by atoms with Crippen LogP contribution >= 0.6 is 0 Å². The first kappa shape index (κ1) is 22.3. The molecule has 0 saturated heterocycles. The second-order valence-corrected chi connectivity index (χ2v) is 9.10. The SMILES string of the molecule is CC[C@H](C)Nc1ncc2c(-c3ccn4ncc(C(=O)NC5CCC(OC)CC5)c4c3)c[nH]c2n1. The van der Waals surface area contributed by atoms with Crippen molar-refractivity contribution in [2.45, 2.75) is 64.1 Å². The van der Waals surface area contributed by atoms with Crippen molar-refractivity contribution in [3.8, 4) is 11.1 Å². The van der Waals surface area contributed by atoms with Crippen LogP contribution in [0.2, 0.25) is 0 Å². The van der Waals surface area contributed by atoms with E-state index in [1.807, 2.05) is 30.7 Å². The molecular weight excluding hydrogens is 430 g/mol. The van der Waals surface area contributed by atoms with Gasteiger partial charge in [0, 0.05) is 48.7 Å².